The lowest BCUT2D eigenvalue weighted by Gasteiger charge is -2.49. The Hall–Kier alpha value is -1.36. The van der Waals surface area contributed by atoms with Crippen LogP contribution in [0, 0.1) is 5.92 Å². The van der Waals surface area contributed by atoms with Crippen LogP contribution in [0.3, 0.4) is 0 Å². The minimum Gasteiger partial charge on any atom is -0.392 e. The van der Waals surface area contributed by atoms with Gasteiger partial charge in [-0.15, -0.1) is 0 Å². The van der Waals surface area contributed by atoms with Gasteiger partial charge in [0, 0.05) is 12.8 Å². The molecule has 0 aromatic rings. The summed E-state index contributed by atoms with van der Waals surface area (Å²) in [4.78, 5) is 0. The second kappa shape index (κ2) is 16.3. The Bertz CT molecular complexity index is 1160. The molecule has 48 heavy (non-hydrogen) atoms. The topological polar surface area (TPSA) is 107 Å². The van der Waals surface area contributed by atoms with E-state index in [1.807, 2.05) is 26.0 Å². The van der Waals surface area contributed by atoms with Crippen molar-refractivity contribution in [3.8, 4) is 0 Å². The molecule has 0 aromatic carbocycles. The minimum absolute atomic E-state index is 0. The highest BCUT2D eigenvalue weighted by Crippen LogP contribution is 2.49. The van der Waals surface area contributed by atoms with E-state index in [1.165, 1.54) is 5.57 Å². The Labute approximate surface area is 290 Å². The van der Waals surface area contributed by atoms with Crippen molar-refractivity contribution in [2.45, 2.75) is 191 Å². The maximum Gasteiger partial charge on any atom is 0.111 e. The number of ether oxygens (including phenoxy) is 5. The van der Waals surface area contributed by atoms with Crippen molar-refractivity contribution in [3.05, 3.63) is 48.1 Å². The van der Waals surface area contributed by atoms with Gasteiger partial charge in [0.1, 0.15) is 6.10 Å². The van der Waals surface area contributed by atoms with Gasteiger partial charge in [-0.05, 0) is 98.3 Å². The summed E-state index contributed by atoms with van der Waals surface area (Å²) in [5.41, 5.74) is 0.159. The van der Waals surface area contributed by atoms with Crippen molar-refractivity contribution in [2.24, 2.45) is 5.92 Å². The van der Waals surface area contributed by atoms with Crippen LogP contribution < -0.4 is 0 Å². The van der Waals surface area contributed by atoms with Crippen molar-refractivity contribution >= 4 is 0 Å². The van der Waals surface area contributed by atoms with Gasteiger partial charge in [-0.25, -0.2) is 0 Å². The van der Waals surface area contributed by atoms with Gasteiger partial charge in [-0.2, -0.15) is 0 Å². The molecule has 8 heteroatoms. The number of hydrogen-bond acceptors (Lipinski definition) is 8. The fourth-order valence-corrected chi connectivity index (χ4v) is 8.70. The van der Waals surface area contributed by atoms with E-state index in [2.05, 4.69) is 46.4 Å². The van der Waals surface area contributed by atoms with E-state index >= 15 is 0 Å². The monoisotopic (exact) mass is 674 g/mol. The Morgan fingerprint density at radius 1 is 0.854 bits per heavy atom. The van der Waals surface area contributed by atoms with Gasteiger partial charge in [0.05, 0.1) is 72.2 Å². The normalized spacial score (nSPS) is 45.4. The van der Waals surface area contributed by atoms with Crippen LogP contribution in [-0.2, 0) is 23.7 Å². The smallest absolute Gasteiger partial charge is 0.111 e. The first-order valence-electron chi connectivity index (χ1n) is 18.2. The van der Waals surface area contributed by atoms with E-state index in [1.54, 1.807) is 6.08 Å². The van der Waals surface area contributed by atoms with Crippen LogP contribution in [0.15, 0.2) is 48.1 Å². The number of hydrogen-bond donors (Lipinski definition) is 3. The maximum atomic E-state index is 11.7. The van der Waals surface area contributed by atoms with Crippen LogP contribution in [0.2, 0.25) is 0 Å². The average molecular weight is 675 g/mol. The van der Waals surface area contributed by atoms with Gasteiger partial charge in [0.2, 0.25) is 0 Å². The van der Waals surface area contributed by atoms with E-state index in [-0.39, 0.29) is 56.8 Å². The molecule has 5 fully saturated rings. The average Bonchev–Trinajstić information content (AvgIpc) is 3.27. The Morgan fingerprint density at radius 2 is 1.52 bits per heavy atom. The first kappa shape index (κ1) is 39.4. The lowest BCUT2D eigenvalue weighted by molar-refractivity contribution is -0.273. The summed E-state index contributed by atoms with van der Waals surface area (Å²) < 4.78 is 34.2. The second-order valence-electron chi connectivity index (χ2n) is 15.8. The molecule has 5 aliphatic heterocycles. The third-order valence-electron chi connectivity index (χ3n) is 12.0. The zero-order valence-electron chi connectivity index (χ0n) is 29.7. The van der Waals surface area contributed by atoms with E-state index < -0.39 is 29.0 Å². The van der Waals surface area contributed by atoms with Gasteiger partial charge in [-0.1, -0.05) is 62.5 Å². The zero-order chi connectivity index (χ0) is 34.0. The van der Waals surface area contributed by atoms with Crippen LogP contribution in [0.1, 0.15) is 120 Å². The molecule has 3 N–H and O–H groups in total. The molecule has 5 saturated heterocycles. The van der Waals surface area contributed by atoms with Crippen molar-refractivity contribution in [1.29, 1.82) is 0 Å². The van der Waals surface area contributed by atoms with Crippen LogP contribution in [-0.4, -0.2) is 93.7 Å². The van der Waals surface area contributed by atoms with E-state index in [9.17, 15) is 15.3 Å². The molecule has 0 aliphatic carbocycles. The summed E-state index contributed by atoms with van der Waals surface area (Å²) in [6.07, 6.45) is 15.7. The Kier molecular flexibility index (Phi) is 13.4. The first-order valence-corrected chi connectivity index (χ1v) is 18.2. The quantitative estimate of drug-likeness (QED) is 0.227. The largest absolute Gasteiger partial charge is 0.392 e. The van der Waals surface area contributed by atoms with Crippen molar-refractivity contribution in [2.75, 3.05) is 6.61 Å². The molecule has 13 atom stereocenters. The third-order valence-corrected chi connectivity index (χ3v) is 12.0. The summed E-state index contributed by atoms with van der Waals surface area (Å²) in [6.45, 7) is 16.3. The van der Waals surface area contributed by atoms with Crippen LogP contribution >= 0.6 is 0 Å². The molecule has 0 aromatic heterocycles. The molecule has 5 heterocycles. The summed E-state index contributed by atoms with van der Waals surface area (Å²) in [5.74, 6) is 0.311. The first-order chi connectivity index (χ1) is 22.3. The fourth-order valence-electron chi connectivity index (χ4n) is 8.70. The van der Waals surface area contributed by atoms with Crippen molar-refractivity contribution < 1.29 is 39.0 Å². The van der Waals surface area contributed by atoms with Crippen LogP contribution in [0.5, 0.6) is 0 Å². The van der Waals surface area contributed by atoms with E-state index in [0.29, 0.717) is 25.2 Å². The van der Waals surface area contributed by atoms with Crippen molar-refractivity contribution in [3.63, 3.8) is 0 Å². The highest BCUT2D eigenvalue weighted by Gasteiger charge is 2.58. The van der Waals surface area contributed by atoms with Crippen molar-refractivity contribution in [1.82, 2.24) is 0 Å². The molecular weight excluding hydrogens is 608 g/mol. The minimum atomic E-state index is -0.922. The highest BCUT2D eigenvalue weighted by molar-refractivity contribution is 5.26. The van der Waals surface area contributed by atoms with Crippen LogP contribution in [0.25, 0.3) is 0 Å². The van der Waals surface area contributed by atoms with Gasteiger partial charge < -0.3 is 39.0 Å². The maximum absolute atomic E-state index is 11.7. The van der Waals surface area contributed by atoms with Gasteiger partial charge >= 0.3 is 0 Å². The molecule has 5 aliphatic rings. The van der Waals surface area contributed by atoms with Gasteiger partial charge in [-0.3, -0.25) is 0 Å². The zero-order valence-corrected chi connectivity index (χ0v) is 29.7. The number of fused-ring (bicyclic) bond motifs is 4. The second-order valence-corrected chi connectivity index (χ2v) is 15.8. The highest BCUT2D eigenvalue weighted by atomic mass is 16.6. The molecule has 0 saturated carbocycles. The molecule has 6 unspecified atom stereocenters. The SMILES string of the molecule is C.C=C/C=C\CC[C@H]1O[C@H]2CC[C@@]3(C)O[C@H]4C(O)C[C@@]5(C)O[C@@H](CC/C=C(C)/C(C)=C/CO)C(C)CC5OC4CC3OC2CC[C@@]1(C)O. The van der Waals surface area contributed by atoms with E-state index in [0.717, 1.165) is 56.9 Å². The number of aliphatic hydroxyl groups is 3. The summed E-state index contributed by atoms with van der Waals surface area (Å²) in [6, 6.07) is 0. The molecule has 0 bridgehead atoms. The molecule has 0 spiro atoms. The predicted molar refractivity (Wildman–Crippen MR) is 190 cm³/mol. The molecule has 8 nitrogen and oxygen atoms in total. The third kappa shape index (κ3) is 8.74. The van der Waals surface area contributed by atoms with E-state index in [4.69, 9.17) is 23.7 Å². The lowest BCUT2D eigenvalue weighted by Crippen LogP contribution is -2.59. The standard InChI is InChI=1S/C39H62O8.CH4/c1-8-9-10-11-15-33-37(5,42)19-16-30-31(43-33)17-20-38(6)35(44-30)23-32-36(47-38)28(41)24-39(7)34(45-32)22-27(4)29(46-39)14-12-13-25(2)26(3)18-21-40;/h8-10,13,18,27-36,40-42H,1,11-12,14-17,19-24H2,2-7H3;1H4/b10-9-,25-13+,26-18+;/t27?,28?,29-,30?,31-,32?,33+,34?,35?,36-,37+,38+,39+;/m0./s1. The summed E-state index contributed by atoms with van der Waals surface area (Å²) in [7, 11) is 0. The molecule has 0 amide bonds. The van der Waals surface area contributed by atoms with Gasteiger partial charge in [0.25, 0.3) is 0 Å². The molecule has 5 rings (SSSR count). The number of aliphatic hydroxyl groups excluding tert-OH is 2. The predicted octanol–water partition coefficient (Wildman–Crippen LogP) is 6.91. The lowest BCUT2D eigenvalue weighted by atomic mass is 9.79. The molecule has 0 radical (unpaired) electrons. The fraction of sp³-hybridized carbons (Fsp3) is 0.800. The molecular formula is C40H66O8. The molecule has 274 valence electrons. The Balaban J connectivity index is 0.00000520. The summed E-state index contributed by atoms with van der Waals surface area (Å²) >= 11 is 0. The Morgan fingerprint density at radius 3 is 2.25 bits per heavy atom. The van der Waals surface area contributed by atoms with Crippen LogP contribution in [0.4, 0.5) is 0 Å². The number of allylic oxidation sites excluding steroid dienone is 6. The van der Waals surface area contributed by atoms with Gasteiger partial charge in [0.15, 0.2) is 0 Å². The number of rotatable bonds is 9. The summed E-state index contributed by atoms with van der Waals surface area (Å²) in [5, 5.41) is 32.3.